The second-order valence-electron chi connectivity index (χ2n) is 3.24. The summed E-state index contributed by atoms with van der Waals surface area (Å²) in [6, 6.07) is 9.88. The Balaban J connectivity index is 2.23. The lowest BCUT2D eigenvalue weighted by atomic mass is 10.2. The Labute approximate surface area is 89.2 Å². The normalized spacial score (nSPS) is 11.0. The molecule has 0 saturated heterocycles. The number of benzene rings is 1. The predicted octanol–water partition coefficient (Wildman–Crippen LogP) is 3.19. The fourth-order valence-electron chi connectivity index (χ4n) is 1.38. The second kappa shape index (κ2) is 4.60. The molecule has 1 heterocycles. The van der Waals surface area contributed by atoms with Gasteiger partial charge >= 0.3 is 0 Å². The zero-order chi connectivity index (χ0) is 10.5. The Kier molecular flexibility index (Phi) is 2.98. The number of aromatic nitrogens is 1. The molecule has 0 bridgehead atoms. The summed E-state index contributed by atoms with van der Waals surface area (Å²) in [6.45, 7) is 2.59. The molecule has 2 rings (SSSR count). The molecule has 1 aromatic carbocycles. The van der Waals surface area contributed by atoms with Crippen LogP contribution in [-0.2, 0) is 0 Å². The molecular formula is C13H13NO. The van der Waals surface area contributed by atoms with Crippen molar-refractivity contribution in [2.75, 3.05) is 6.61 Å². The average Bonchev–Trinajstić information content (AvgIpc) is 2.29. The van der Waals surface area contributed by atoms with Gasteiger partial charge in [0.2, 0.25) is 0 Å². The number of hydrogen-bond acceptors (Lipinski definition) is 2. The van der Waals surface area contributed by atoms with Crippen LogP contribution in [0.2, 0.25) is 0 Å². The quantitative estimate of drug-likeness (QED) is 0.708. The van der Waals surface area contributed by atoms with E-state index in [-0.39, 0.29) is 0 Å². The minimum atomic E-state index is 0.613. The molecule has 15 heavy (non-hydrogen) atoms. The predicted molar refractivity (Wildman–Crippen MR) is 62.1 cm³/mol. The van der Waals surface area contributed by atoms with Gasteiger partial charge in [0.05, 0.1) is 5.52 Å². The molecule has 2 aromatic rings. The summed E-state index contributed by atoms with van der Waals surface area (Å²) in [4.78, 5) is 4.25. The first-order chi connectivity index (χ1) is 7.40. The molecule has 1 aromatic heterocycles. The molecule has 0 fully saturated rings. The monoisotopic (exact) mass is 199 g/mol. The van der Waals surface area contributed by atoms with Gasteiger partial charge in [-0.05, 0) is 31.2 Å². The van der Waals surface area contributed by atoms with Crippen LogP contribution in [0.15, 0.2) is 48.7 Å². The van der Waals surface area contributed by atoms with E-state index in [1.165, 1.54) is 0 Å². The lowest BCUT2D eigenvalue weighted by Crippen LogP contribution is -1.92. The summed E-state index contributed by atoms with van der Waals surface area (Å²) in [6.07, 6.45) is 5.75. The van der Waals surface area contributed by atoms with Crippen LogP contribution in [-0.4, -0.2) is 11.6 Å². The van der Waals surface area contributed by atoms with Crippen molar-refractivity contribution in [1.82, 2.24) is 4.98 Å². The van der Waals surface area contributed by atoms with Gasteiger partial charge in [-0.1, -0.05) is 18.2 Å². The van der Waals surface area contributed by atoms with Crippen molar-refractivity contribution < 1.29 is 4.74 Å². The van der Waals surface area contributed by atoms with Gasteiger partial charge in [-0.3, -0.25) is 4.98 Å². The lowest BCUT2D eigenvalue weighted by Gasteiger charge is -2.03. The van der Waals surface area contributed by atoms with Gasteiger partial charge in [0.25, 0.3) is 0 Å². The third kappa shape index (κ3) is 2.34. The highest BCUT2D eigenvalue weighted by molar-refractivity contribution is 5.79. The highest BCUT2D eigenvalue weighted by Crippen LogP contribution is 2.18. The van der Waals surface area contributed by atoms with Crippen LogP contribution in [0.5, 0.6) is 5.75 Å². The number of allylic oxidation sites excluding steroid dienone is 1. The fraction of sp³-hybridized carbons (Fsp3) is 0.154. The zero-order valence-corrected chi connectivity index (χ0v) is 8.68. The maximum absolute atomic E-state index is 5.54. The first kappa shape index (κ1) is 9.71. The van der Waals surface area contributed by atoms with Crippen molar-refractivity contribution in [2.24, 2.45) is 0 Å². The van der Waals surface area contributed by atoms with Crippen LogP contribution in [0.3, 0.4) is 0 Å². The van der Waals surface area contributed by atoms with Gasteiger partial charge in [0.15, 0.2) is 0 Å². The van der Waals surface area contributed by atoms with E-state index in [4.69, 9.17) is 4.74 Å². The molecule has 0 atom stereocenters. The van der Waals surface area contributed by atoms with Crippen LogP contribution in [0.4, 0.5) is 0 Å². The molecule has 0 saturated carbocycles. The Morgan fingerprint density at radius 2 is 2.27 bits per heavy atom. The third-order valence-electron chi connectivity index (χ3n) is 2.16. The molecule has 76 valence electrons. The number of ether oxygens (including phenoxy) is 1. The van der Waals surface area contributed by atoms with Gasteiger partial charge in [0, 0.05) is 11.6 Å². The van der Waals surface area contributed by atoms with Crippen molar-refractivity contribution in [3.05, 3.63) is 48.7 Å². The van der Waals surface area contributed by atoms with E-state index < -0.39 is 0 Å². The van der Waals surface area contributed by atoms with Gasteiger partial charge in [-0.25, -0.2) is 0 Å². The Morgan fingerprint density at radius 3 is 3.13 bits per heavy atom. The maximum atomic E-state index is 5.54. The van der Waals surface area contributed by atoms with Crippen LogP contribution < -0.4 is 4.74 Å². The average molecular weight is 199 g/mol. The van der Waals surface area contributed by atoms with Crippen molar-refractivity contribution in [3.63, 3.8) is 0 Å². The summed E-state index contributed by atoms with van der Waals surface area (Å²) >= 11 is 0. The van der Waals surface area contributed by atoms with Gasteiger partial charge in [-0.2, -0.15) is 0 Å². The molecule has 0 aliphatic heterocycles. The Morgan fingerprint density at radius 1 is 1.33 bits per heavy atom. The molecule has 0 radical (unpaired) electrons. The Hall–Kier alpha value is -1.83. The minimum absolute atomic E-state index is 0.613. The van der Waals surface area contributed by atoms with E-state index in [9.17, 15) is 0 Å². The highest BCUT2D eigenvalue weighted by atomic mass is 16.5. The number of pyridine rings is 1. The Bertz CT molecular complexity index is 477. The molecule has 0 amide bonds. The van der Waals surface area contributed by atoms with Crippen LogP contribution in [0.1, 0.15) is 6.92 Å². The number of fused-ring (bicyclic) bond motifs is 1. The standard InChI is InChI=1S/C13H13NO/c1-2-3-9-15-12-6-7-13-11(10-12)5-4-8-14-13/h2-8,10H,9H2,1H3. The SMILES string of the molecule is CC=CCOc1ccc2ncccc2c1. The largest absolute Gasteiger partial charge is 0.490 e. The highest BCUT2D eigenvalue weighted by Gasteiger charge is 1.96. The first-order valence-electron chi connectivity index (χ1n) is 4.99. The molecule has 0 spiro atoms. The van der Waals surface area contributed by atoms with E-state index in [1.807, 2.05) is 49.4 Å². The van der Waals surface area contributed by atoms with Crippen LogP contribution in [0, 0.1) is 0 Å². The smallest absolute Gasteiger partial charge is 0.120 e. The van der Waals surface area contributed by atoms with Crippen LogP contribution >= 0.6 is 0 Å². The van der Waals surface area contributed by atoms with E-state index in [1.54, 1.807) is 6.20 Å². The minimum Gasteiger partial charge on any atom is -0.490 e. The zero-order valence-electron chi connectivity index (χ0n) is 8.68. The summed E-state index contributed by atoms with van der Waals surface area (Å²) in [5.74, 6) is 0.883. The first-order valence-corrected chi connectivity index (χ1v) is 4.99. The topological polar surface area (TPSA) is 22.1 Å². The van der Waals surface area contributed by atoms with Gasteiger partial charge in [-0.15, -0.1) is 0 Å². The summed E-state index contributed by atoms with van der Waals surface area (Å²) < 4.78 is 5.54. The van der Waals surface area contributed by atoms with Crippen molar-refractivity contribution in [1.29, 1.82) is 0 Å². The fourth-order valence-corrected chi connectivity index (χ4v) is 1.38. The number of nitrogens with zero attached hydrogens (tertiary/aromatic N) is 1. The van der Waals surface area contributed by atoms with Crippen molar-refractivity contribution in [3.8, 4) is 5.75 Å². The molecule has 0 aliphatic carbocycles. The van der Waals surface area contributed by atoms with E-state index in [0.29, 0.717) is 6.61 Å². The molecular weight excluding hydrogens is 186 g/mol. The van der Waals surface area contributed by atoms with E-state index in [2.05, 4.69) is 4.98 Å². The van der Waals surface area contributed by atoms with Gasteiger partial charge < -0.3 is 4.74 Å². The third-order valence-corrected chi connectivity index (χ3v) is 2.16. The summed E-state index contributed by atoms with van der Waals surface area (Å²) in [7, 11) is 0. The number of rotatable bonds is 3. The van der Waals surface area contributed by atoms with E-state index >= 15 is 0 Å². The summed E-state index contributed by atoms with van der Waals surface area (Å²) in [5.41, 5.74) is 0.996. The second-order valence-corrected chi connectivity index (χ2v) is 3.24. The van der Waals surface area contributed by atoms with Crippen molar-refractivity contribution >= 4 is 10.9 Å². The number of hydrogen-bond donors (Lipinski definition) is 0. The van der Waals surface area contributed by atoms with Crippen LogP contribution in [0.25, 0.3) is 10.9 Å². The summed E-state index contributed by atoms with van der Waals surface area (Å²) in [5, 5.41) is 1.11. The molecule has 0 N–H and O–H groups in total. The molecule has 0 unspecified atom stereocenters. The lowest BCUT2D eigenvalue weighted by molar-refractivity contribution is 0.363. The molecule has 2 nitrogen and oxygen atoms in total. The molecule has 0 aliphatic rings. The molecule has 2 heteroatoms. The van der Waals surface area contributed by atoms with Gasteiger partial charge in [0.1, 0.15) is 12.4 Å². The van der Waals surface area contributed by atoms with Crippen molar-refractivity contribution in [2.45, 2.75) is 6.92 Å². The van der Waals surface area contributed by atoms with E-state index in [0.717, 1.165) is 16.7 Å². The maximum Gasteiger partial charge on any atom is 0.120 e.